The van der Waals surface area contributed by atoms with Crippen molar-refractivity contribution in [3.63, 3.8) is 0 Å². The number of ketones is 2. The Morgan fingerprint density at radius 3 is 2.16 bits per heavy atom. The highest BCUT2D eigenvalue weighted by atomic mass is 16.2. The van der Waals surface area contributed by atoms with Gasteiger partial charge in [-0.1, -0.05) is 51.1 Å². The quantitative estimate of drug-likeness (QED) is 0.493. The van der Waals surface area contributed by atoms with Gasteiger partial charge in [-0.15, -0.1) is 0 Å². The third kappa shape index (κ3) is 2.16. The molecule has 0 spiro atoms. The maximum Gasteiger partial charge on any atom is 0.253 e. The van der Waals surface area contributed by atoms with E-state index in [-0.39, 0.29) is 12.3 Å². The summed E-state index contributed by atoms with van der Waals surface area (Å²) < 4.78 is 0. The van der Waals surface area contributed by atoms with Crippen molar-refractivity contribution in [1.29, 1.82) is 0 Å². The van der Waals surface area contributed by atoms with Gasteiger partial charge in [0, 0.05) is 5.41 Å². The molecule has 2 aliphatic rings. The van der Waals surface area contributed by atoms with Gasteiger partial charge >= 0.3 is 0 Å². The van der Waals surface area contributed by atoms with Crippen LogP contribution in [0.5, 0.6) is 0 Å². The summed E-state index contributed by atoms with van der Waals surface area (Å²) in [6.45, 7) is 5.32. The standard InChI is InChI=1S/C19H22N2O4/c1-17(2)18(3)9-10-19(17,15(24)14(18)23)16(25)21-20-13(22)11-12-7-5-4-6-8-12/h4-8H,9-11H2,1-3H3,(H,20,22)(H,21,25). The Hall–Kier alpha value is -2.50. The molecule has 0 aliphatic heterocycles. The number of hydrazine groups is 1. The molecular formula is C19H22N2O4. The molecule has 0 radical (unpaired) electrons. The average Bonchev–Trinajstić information content (AvgIpc) is 2.85. The molecule has 2 fully saturated rings. The van der Waals surface area contributed by atoms with E-state index in [0.29, 0.717) is 12.8 Å². The normalized spacial score (nSPS) is 29.6. The maximum atomic E-state index is 12.8. The summed E-state index contributed by atoms with van der Waals surface area (Å²) in [6.07, 6.45) is 0.930. The zero-order valence-electron chi connectivity index (χ0n) is 14.6. The average molecular weight is 342 g/mol. The molecule has 2 N–H and O–H groups in total. The predicted molar refractivity (Wildman–Crippen MR) is 90.0 cm³/mol. The number of nitrogens with one attached hydrogen (secondary N) is 2. The zero-order chi connectivity index (χ0) is 18.5. The summed E-state index contributed by atoms with van der Waals surface area (Å²) in [7, 11) is 0. The highest BCUT2D eigenvalue weighted by Crippen LogP contribution is 2.68. The number of hydrogen-bond acceptors (Lipinski definition) is 4. The zero-order valence-corrected chi connectivity index (χ0v) is 14.6. The third-order valence-electron chi connectivity index (χ3n) is 6.45. The number of carbonyl (C=O) groups excluding carboxylic acids is 4. The minimum Gasteiger partial charge on any atom is -0.290 e. The number of carbonyl (C=O) groups is 4. The van der Waals surface area contributed by atoms with Crippen molar-refractivity contribution in [3.8, 4) is 0 Å². The van der Waals surface area contributed by atoms with Crippen LogP contribution in [0, 0.1) is 16.2 Å². The lowest BCUT2D eigenvalue weighted by Crippen LogP contribution is -2.55. The van der Waals surface area contributed by atoms with Crippen LogP contribution < -0.4 is 10.9 Å². The first-order valence-electron chi connectivity index (χ1n) is 8.39. The van der Waals surface area contributed by atoms with Crippen LogP contribution in [0.2, 0.25) is 0 Å². The Labute approximate surface area is 146 Å². The van der Waals surface area contributed by atoms with Gasteiger partial charge in [0.2, 0.25) is 17.5 Å². The van der Waals surface area contributed by atoms with Gasteiger partial charge in [-0.2, -0.15) is 0 Å². The number of amides is 2. The van der Waals surface area contributed by atoms with Crippen molar-refractivity contribution in [2.24, 2.45) is 16.2 Å². The van der Waals surface area contributed by atoms with Crippen LogP contribution in [-0.4, -0.2) is 23.4 Å². The molecule has 2 aliphatic carbocycles. The molecule has 1 aromatic carbocycles. The maximum absolute atomic E-state index is 12.8. The lowest BCUT2D eigenvalue weighted by molar-refractivity contribution is -0.150. The van der Waals surface area contributed by atoms with E-state index < -0.39 is 33.7 Å². The second-order valence-corrected chi connectivity index (χ2v) is 7.69. The summed E-state index contributed by atoms with van der Waals surface area (Å²) in [6, 6.07) is 9.12. The number of Topliss-reactive ketones (excluding diaryl/α,β-unsaturated/α-hetero) is 2. The molecule has 2 unspecified atom stereocenters. The van der Waals surface area contributed by atoms with Gasteiger partial charge in [0.1, 0.15) is 5.41 Å². The van der Waals surface area contributed by atoms with Crippen LogP contribution in [0.15, 0.2) is 30.3 Å². The number of hydrogen-bond donors (Lipinski definition) is 2. The molecule has 25 heavy (non-hydrogen) atoms. The van der Waals surface area contributed by atoms with Crippen molar-refractivity contribution in [2.75, 3.05) is 0 Å². The summed E-state index contributed by atoms with van der Waals surface area (Å²) in [4.78, 5) is 49.8. The summed E-state index contributed by atoms with van der Waals surface area (Å²) in [5, 5.41) is 0. The van der Waals surface area contributed by atoms with Crippen LogP contribution >= 0.6 is 0 Å². The monoisotopic (exact) mass is 342 g/mol. The number of rotatable bonds is 3. The molecule has 3 rings (SSSR count). The largest absolute Gasteiger partial charge is 0.290 e. The van der Waals surface area contributed by atoms with Gasteiger partial charge in [-0.3, -0.25) is 30.0 Å². The topological polar surface area (TPSA) is 92.3 Å². The molecule has 1 aromatic rings. The van der Waals surface area contributed by atoms with Crippen molar-refractivity contribution in [3.05, 3.63) is 35.9 Å². The lowest BCUT2D eigenvalue weighted by atomic mass is 9.64. The minimum atomic E-state index is -1.40. The molecule has 0 heterocycles. The smallest absolute Gasteiger partial charge is 0.253 e. The van der Waals surface area contributed by atoms with Crippen molar-refractivity contribution < 1.29 is 19.2 Å². The lowest BCUT2D eigenvalue weighted by Gasteiger charge is -2.36. The van der Waals surface area contributed by atoms with Crippen molar-refractivity contribution in [1.82, 2.24) is 10.9 Å². The van der Waals surface area contributed by atoms with Crippen LogP contribution in [0.25, 0.3) is 0 Å². The van der Waals surface area contributed by atoms with E-state index in [1.165, 1.54) is 0 Å². The van der Waals surface area contributed by atoms with E-state index in [1.807, 2.05) is 30.3 Å². The Bertz CT molecular complexity index is 771. The molecule has 2 atom stereocenters. The fraction of sp³-hybridized carbons (Fsp3) is 0.474. The molecular weight excluding hydrogens is 320 g/mol. The van der Waals surface area contributed by atoms with E-state index in [4.69, 9.17) is 0 Å². The number of benzene rings is 1. The second kappa shape index (κ2) is 5.51. The van der Waals surface area contributed by atoms with E-state index in [9.17, 15) is 19.2 Å². The number of fused-ring (bicyclic) bond motifs is 2. The molecule has 0 saturated heterocycles. The summed E-state index contributed by atoms with van der Waals surface area (Å²) >= 11 is 0. The first-order chi connectivity index (χ1) is 11.7. The van der Waals surface area contributed by atoms with E-state index in [2.05, 4.69) is 10.9 Å². The first kappa shape index (κ1) is 17.3. The molecule has 2 saturated carbocycles. The Morgan fingerprint density at radius 2 is 1.60 bits per heavy atom. The summed E-state index contributed by atoms with van der Waals surface area (Å²) in [5.74, 6) is -2.10. The van der Waals surface area contributed by atoms with Gasteiger partial charge in [-0.25, -0.2) is 0 Å². The van der Waals surface area contributed by atoms with Gasteiger partial charge in [0.25, 0.3) is 5.91 Å². The highest BCUT2D eigenvalue weighted by Gasteiger charge is 2.77. The van der Waals surface area contributed by atoms with Gasteiger partial charge in [0.15, 0.2) is 0 Å². The van der Waals surface area contributed by atoms with Crippen LogP contribution in [0.1, 0.15) is 39.2 Å². The third-order valence-corrected chi connectivity index (χ3v) is 6.45. The van der Waals surface area contributed by atoms with E-state index in [0.717, 1.165) is 5.56 Å². The van der Waals surface area contributed by atoms with Gasteiger partial charge < -0.3 is 0 Å². The second-order valence-electron chi connectivity index (χ2n) is 7.69. The van der Waals surface area contributed by atoms with Gasteiger partial charge in [0.05, 0.1) is 6.42 Å². The first-order valence-corrected chi connectivity index (χ1v) is 8.39. The highest BCUT2D eigenvalue weighted by molar-refractivity contribution is 6.48. The SMILES string of the molecule is CC12CCC(C(=O)NNC(=O)Cc3ccccc3)(C(=O)C1=O)C2(C)C. The molecule has 2 bridgehead atoms. The molecule has 0 aromatic heterocycles. The van der Waals surface area contributed by atoms with Gasteiger partial charge in [-0.05, 0) is 23.8 Å². The molecule has 6 nitrogen and oxygen atoms in total. The van der Waals surface area contributed by atoms with Crippen LogP contribution in [0.4, 0.5) is 0 Å². The van der Waals surface area contributed by atoms with E-state index in [1.54, 1.807) is 20.8 Å². The molecule has 2 amide bonds. The van der Waals surface area contributed by atoms with Crippen molar-refractivity contribution >= 4 is 23.4 Å². The fourth-order valence-corrected chi connectivity index (χ4v) is 4.33. The fourth-order valence-electron chi connectivity index (χ4n) is 4.33. The summed E-state index contributed by atoms with van der Waals surface area (Å²) in [5.41, 5.74) is 2.54. The molecule has 132 valence electrons. The van der Waals surface area contributed by atoms with Crippen molar-refractivity contribution in [2.45, 2.75) is 40.0 Å². The van der Waals surface area contributed by atoms with Crippen LogP contribution in [0.3, 0.4) is 0 Å². The van der Waals surface area contributed by atoms with E-state index >= 15 is 0 Å². The Kier molecular flexibility index (Phi) is 3.82. The minimum absolute atomic E-state index is 0.113. The predicted octanol–water partition coefficient (Wildman–Crippen LogP) is 1.34. The Morgan fingerprint density at radius 1 is 0.960 bits per heavy atom. The van der Waals surface area contributed by atoms with Crippen LogP contribution in [-0.2, 0) is 25.6 Å². The Balaban J connectivity index is 1.72. The molecule has 6 heteroatoms.